The highest BCUT2D eigenvalue weighted by molar-refractivity contribution is 6.17. The summed E-state index contributed by atoms with van der Waals surface area (Å²) in [7, 11) is 0. The van der Waals surface area contributed by atoms with E-state index >= 15 is 0 Å². The van der Waals surface area contributed by atoms with E-state index < -0.39 is 0 Å². The van der Waals surface area contributed by atoms with Crippen molar-refractivity contribution in [1.29, 1.82) is 0 Å². The van der Waals surface area contributed by atoms with E-state index in [0.717, 1.165) is 38.4 Å². The van der Waals surface area contributed by atoms with Crippen LogP contribution in [0.1, 0.15) is 39.0 Å². The number of rotatable bonds is 11. The van der Waals surface area contributed by atoms with Crippen LogP contribution in [-0.2, 0) is 9.47 Å². The lowest BCUT2D eigenvalue weighted by molar-refractivity contribution is -0.0476. The maximum atomic E-state index is 5.58. The Balaban J connectivity index is 2.97. The standard InChI is InChI=1S/C12H23ClO2/c1-2-14-12-15-11-9-7-5-3-4-6-8-10-13/h5,7H,2-4,6,8-12H2,1H3. The third kappa shape index (κ3) is 14.0. The Kier molecular flexibility index (Phi) is 13.9. The van der Waals surface area contributed by atoms with Crippen LogP contribution in [0.3, 0.4) is 0 Å². The lowest BCUT2D eigenvalue weighted by atomic mass is 10.2. The van der Waals surface area contributed by atoms with Crippen molar-refractivity contribution in [3.8, 4) is 0 Å². The lowest BCUT2D eigenvalue weighted by Crippen LogP contribution is -1.99. The molecule has 0 radical (unpaired) electrons. The molecule has 0 aromatic heterocycles. The molecule has 0 N–H and O–H groups in total. The van der Waals surface area contributed by atoms with Gasteiger partial charge >= 0.3 is 0 Å². The van der Waals surface area contributed by atoms with E-state index in [1.54, 1.807) is 0 Å². The van der Waals surface area contributed by atoms with E-state index in [1.165, 1.54) is 12.8 Å². The summed E-state index contributed by atoms with van der Waals surface area (Å²) in [6.45, 7) is 3.85. The molecule has 3 heteroatoms. The Morgan fingerprint density at radius 2 is 1.80 bits per heavy atom. The van der Waals surface area contributed by atoms with Crippen LogP contribution in [-0.4, -0.2) is 25.9 Å². The molecular formula is C12H23ClO2. The third-order valence-corrected chi connectivity index (χ3v) is 2.24. The Labute approximate surface area is 98.6 Å². The zero-order chi connectivity index (χ0) is 11.2. The van der Waals surface area contributed by atoms with Gasteiger partial charge in [0.05, 0.1) is 6.61 Å². The molecule has 2 nitrogen and oxygen atoms in total. The Hall–Kier alpha value is -0.0500. The smallest absolute Gasteiger partial charge is 0.146 e. The van der Waals surface area contributed by atoms with Gasteiger partial charge in [-0.2, -0.15) is 0 Å². The Bertz CT molecular complexity index is 138. The lowest BCUT2D eigenvalue weighted by Gasteiger charge is -2.00. The summed E-state index contributed by atoms with van der Waals surface area (Å²) >= 11 is 5.58. The largest absolute Gasteiger partial charge is 0.356 e. The van der Waals surface area contributed by atoms with Gasteiger partial charge in [0.2, 0.25) is 0 Å². The molecule has 0 bridgehead atoms. The first-order chi connectivity index (χ1) is 7.41. The molecule has 0 spiro atoms. The summed E-state index contributed by atoms with van der Waals surface area (Å²) in [6, 6.07) is 0. The van der Waals surface area contributed by atoms with E-state index in [-0.39, 0.29) is 0 Å². The van der Waals surface area contributed by atoms with Crippen molar-refractivity contribution < 1.29 is 9.47 Å². The van der Waals surface area contributed by atoms with Crippen molar-refractivity contribution in [2.24, 2.45) is 0 Å². The third-order valence-electron chi connectivity index (χ3n) is 1.97. The van der Waals surface area contributed by atoms with Gasteiger partial charge in [-0.05, 0) is 32.6 Å². The number of ether oxygens (including phenoxy) is 2. The SMILES string of the molecule is CCOCOCCC=CCCCCCCl. The number of unbranched alkanes of at least 4 members (excludes halogenated alkanes) is 3. The van der Waals surface area contributed by atoms with Crippen molar-refractivity contribution in [1.82, 2.24) is 0 Å². The van der Waals surface area contributed by atoms with E-state index in [4.69, 9.17) is 21.1 Å². The van der Waals surface area contributed by atoms with Gasteiger partial charge in [-0.1, -0.05) is 18.6 Å². The quantitative estimate of drug-likeness (QED) is 0.235. The van der Waals surface area contributed by atoms with Gasteiger partial charge in [0.25, 0.3) is 0 Å². The number of hydrogen-bond acceptors (Lipinski definition) is 2. The van der Waals surface area contributed by atoms with E-state index in [9.17, 15) is 0 Å². The molecule has 0 saturated heterocycles. The zero-order valence-corrected chi connectivity index (χ0v) is 10.5. The molecule has 0 heterocycles. The van der Waals surface area contributed by atoms with Crippen molar-refractivity contribution >= 4 is 11.6 Å². The Morgan fingerprint density at radius 3 is 2.53 bits per heavy atom. The van der Waals surface area contributed by atoms with E-state index in [2.05, 4.69) is 12.2 Å². The maximum Gasteiger partial charge on any atom is 0.146 e. The fourth-order valence-electron chi connectivity index (χ4n) is 1.12. The summed E-state index contributed by atoms with van der Waals surface area (Å²) < 4.78 is 10.3. The second kappa shape index (κ2) is 13.9. The van der Waals surface area contributed by atoms with Gasteiger partial charge in [-0.15, -0.1) is 11.6 Å². The van der Waals surface area contributed by atoms with Gasteiger partial charge < -0.3 is 9.47 Å². The van der Waals surface area contributed by atoms with Gasteiger partial charge in [0.15, 0.2) is 0 Å². The first-order valence-electron chi connectivity index (χ1n) is 5.78. The van der Waals surface area contributed by atoms with E-state index in [1.807, 2.05) is 6.92 Å². The predicted molar refractivity (Wildman–Crippen MR) is 65.4 cm³/mol. The molecule has 0 unspecified atom stereocenters. The van der Waals surface area contributed by atoms with Crippen LogP contribution in [0.2, 0.25) is 0 Å². The van der Waals surface area contributed by atoms with Crippen LogP contribution < -0.4 is 0 Å². The molecule has 0 aliphatic carbocycles. The number of alkyl halides is 1. The molecule has 0 aromatic rings. The highest BCUT2D eigenvalue weighted by atomic mass is 35.5. The number of halogens is 1. The average Bonchev–Trinajstić information content (AvgIpc) is 2.26. The zero-order valence-electron chi connectivity index (χ0n) is 9.71. The molecule has 0 saturated carbocycles. The van der Waals surface area contributed by atoms with Gasteiger partial charge in [0, 0.05) is 12.5 Å². The highest BCUT2D eigenvalue weighted by Gasteiger charge is 1.86. The van der Waals surface area contributed by atoms with E-state index in [0.29, 0.717) is 6.79 Å². The molecule has 0 amide bonds. The average molecular weight is 235 g/mol. The number of hydrogen-bond donors (Lipinski definition) is 0. The second-order valence-electron chi connectivity index (χ2n) is 3.32. The monoisotopic (exact) mass is 234 g/mol. The first-order valence-corrected chi connectivity index (χ1v) is 6.31. The van der Waals surface area contributed by atoms with Crippen molar-refractivity contribution in [2.45, 2.75) is 39.0 Å². The van der Waals surface area contributed by atoms with Gasteiger partial charge in [-0.25, -0.2) is 0 Å². The van der Waals surface area contributed by atoms with Crippen LogP contribution >= 0.6 is 11.6 Å². The minimum atomic E-state index is 0.417. The molecule has 0 rings (SSSR count). The topological polar surface area (TPSA) is 18.5 Å². The molecule has 0 aromatic carbocycles. The van der Waals surface area contributed by atoms with Gasteiger partial charge in [0.1, 0.15) is 6.79 Å². The fourth-order valence-corrected chi connectivity index (χ4v) is 1.31. The summed E-state index contributed by atoms with van der Waals surface area (Å²) in [6.07, 6.45) is 10.1. The minimum Gasteiger partial charge on any atom is -0.356 e. The molecule has 0 aliphatic rings. The summed E-state index contributed by atoms with van der Waals surface area (Å²) in [5, 5.41) is 0. The normalized spacial score (nSPS) is 11.3. The van der Waals surface area contributed by atoms with Crippen molar-refractivity contribution in [3.05, 3.63) is 12.2 Å². The highest BCUT2D eigenvalue weighted by Crippen LogP contribution is 2.02. The molecular weight excluding hydrogens is 212 g/mol. The molecule has 90 valence electrons. The first kappa shape index (κ1) is 14.9. The molecule has 0 fully saturated rings. The Morgan fingerprint density at radius 1 is 1.00 bits per heavy atom. The van der Waals surface area contributed by atoms with Crippen LogP contribution in [0.5, 0.6) is 0 Å². The summed E-state index contributed by atoms with van der Waals surface area (Å²) in [5.41, 5.74) is 0. The van der Waals surface area contributed by atoms with Crippen LogP contribution in [0.15, 0.2) is 12.2 Å². The van der Waals surface area contributed by atoms with Crippen LogP contribution in [0.25, 0.3) is 0 Å². The van der Waals surface area contributed by atoms with Crippen molar-refractivity contribution in [2.75, 3.05) is 25.9 Å². The van der Waals surface area contributed by atoms with Crippen molar-refractivity contribution in [3.63, 3.8) is 0 Å². The number of allylic oxidation sites excluding steroid dienone is 1. The predicted octanol–water partition coefficient (Wildman–Crippen LogP) is 3.74. The maximum absolute atomic E-state index is 5.58. The van der Waals surface area contributed by atoms with Crippen LogP contribution in [0.4, 0.5) is 0 Å². The summed E-state index contributed by atoms with van der Waals surface area (Å²) in [4.78, 5) is 0. The molecule has 15 heavy (non-hydrogen) atoms. The molecule has 0 aliphatic heterocycles. The molecule has 0 atom stereocenters. The summed E-state index contributed by atoms with van der Waals surface area (Å²) in [5.74, 6) is 0.787. The van der Waals surface area contributed by atoms with Gasteiger partial charge in [-0.3, -0.25) is 0 Å². The second-order valence-corrected chi connectivity index (χ2v) is 3.70. The minimum absolute atomic E-state index is 0.417. The van der Waals surface area contributed by atoms with Crippen LogP contribution in [0, 0.1) is 0 Å². The fraction of sp³-hybridized carbons (Fsp3) is 0.833.